The number of nitrogens with one attached hydrogen (secondary N) is 2. The Hall–Kier alpha value is -5.16. The first kappa shape index (κ1) is 36.3. The maximum absolute atomic E-state index is 14.8. The fraction of sp³-hybridized carbons (Fsp3) is 0.448. The van der Waals surface area contributed by atoms with Gasteiger partial charge in [-0.3, -0.25) is 24.3 Å². The SMILES string of the molecule is CC(C)(C)OC(=O)[C@H](C[C@H](F)C(=O)OC(C)(C)C)NC(=O)c1ccc(N(Cc2cnc3nc(N)[nH]c(=O)c3n2)C(=O)C(F)(F)F)cc1. The summed E-state index contributed by atoms with van der Waals surface area (Å²) in [4.78, 5) is 76.8. The van der Waals surface area contributed by atoms with E-state index in [1.54, 1.807) is 0 Å². The van der Waals surface area contributed by atoms with Gasteiger partial charge in [0.05, 0.1) is 18.4 Å². The number of carbonyl (C=O) groups excluding carboxylic acids is 4. The molecule has 3 rings (SSSR count). The van der Waals surface area contributed by atoms with Gasteiger partial charge >= 0.3 is 24.0 Å². The van der Waals surface area contributed by atoms with E-state index < -0.39 is 71.9 Å². The minimum atomic E-state index is -5.33. The molecular weight excluding hydrogens is 634 g/mol. The van der Waals surface area contributed by atoms with Gasteiger partial charge in [0.25, 0.3) is 11.5 Å². The number of benzene rings is 1. The number of nitrogens with zero attached hydrogens (tertiary/aromatic N) is 4. The molecule has 2 aromatic heterocycles. The Balaban J connectivity index is 1.88. The Labute approximate surface area is 265 Å². The number of anilines is 2. The summed E-state index contributed by atoms with van der Waals surface area (Å²) in [6.45, 7) is 8.36. The minimum absolute atomic E-state index is 0.172. The van der Waals surface area contributed by atoms with Crippen LogP contribution in [0.25, 0.3) is 11.2 Å². The molecule has 2 heterocycles. The maximum atomic E-state index is 14.8. The number of alkyl halides is 4. The molecule has 0 aliphatic carbocycles. The molecule has 14 nitrogen and oxygen atoms in total. The third-order valence-corrected chi connectivity index (χ3v) is 5.84. The predicted molar refractivity (Wildman–Crippen MR) is 159 cm³/mol. The van der Waals surface area contributed by atoms with Crippen molar-refractivity contribution < 1.29 is 46.2 Å². The summed E-state index contributed by atoms with van der Waals surface area (Å²) >= 11 is 0. The van der Waals surface area contributed by atoms with Crippen molar-refractivity contribution in [2.24, 2.45) is 0 Å². The number of halogens is 4. The van der Waals surface area contributed by atoms with Crippen LogP contribution in [0.3, 0.4) is 0 Å². The van der Waals surface area contributed by atoms with E-state index in [9.17, 15) is 41.5 Å². The molecule has 4 N–H and O–H groups in total. The molecule has 0 spiro atoms. The second kappa shape index (κ2) is 13.7. The largest absolute Gasteiger partial charge is 0.471 e. The van der Waals surface area contributed by atoms with Gasteiger partial charge in [-0.2, -0.15) is 18.2 Å². The molecule has 0 saturated heterocycles. The lowest BCUT2D eigenvalue weighted by Gasteiger charge is -2.26. The average molecular weight is 668 g/mol. The van der Waals surface area contributed by atoms with Crippen LogP contribution in [0.2, 0.25) is 0 Å². The van der Waals surface area contributed by atoms with Crippen LogP contribution >= 0.6 is 0 Å². The van der Waals surface area contributed by atoms with Crippen LogP contribution in [0.4, 0.5) is 29.2 Å². The highest BCUT2D eigenvalue weighted by Crippen LogP contribution is 2.26. The normalized spacial score (nSPS) is 13.4. The number of ether oxygens (including phenoxy) is 2. The van der Waals surface area contributed by atoms with Crippen molar-refractivity contribution in [3.8, 4) is 0 Å². The fourth-order valence-corrected chi connectivity index (χ4v) is 3.93. The molecule has 254 valence electrons. The Bertz CT molecular complexity index is 1720. The third kappa shape index (κ3) is 10.2. The van der Waals surface area contributed by atoms with Crippen molar-refractivity contribution in [3.05, 3.63) is 52.1 Å². The summed E-state index contributed by atoms with van der Waals surface area (Å²) in [5.41, 5.74) is 1.35. The number of fused-ring (bicyclic) bond motifs is 1. The highest BCUT2D eigenvalue weighted by molar-refractivity contribution is 5.99. The fourth-order valence-electron chi connectivity index (χ4n) is 3.93. The van der Waals surface area contributed by atoms with Crippen LogP contribution in [0.5, 0.6) is 0 Å². The van der Waals surface area contributed by atoms with Gasteiger partial charge in [0.15, 0.2) is 17.3 Å². The molecule has 3 aromatic rings. The van der Waals surface area contributed by atoms with Crippen molar-refractivity contribution in [3.63, 3.8) is 0 Å². The van der Waals surface area contributed by atoms with E-state index in [-0.39, 0.29) is 34.1 Å². The van der Waals surface area contributed by atoms with Gasteiger partial charge < -0.3 is 20.5 Å². The van der Waals surface area contributed by atoms with Gasteiger partial charge in [0, 0.05) is 17.7 Å². The Kier molecular flexibility index (Phi) is 10.6. The first-order valence-corrected chi connectivity index (χ1v) is 13.9. The summed E-state index contributed by atoms with van der Waals surface area (Å²) in [5, 5.41) is 2.28. The molecule has 47 heavy (non-hydrogen) atoms. The van der Waals surface area contributed by atoms with Crippen LogP contribution in [-0.4, -0.2) is 73.3 Å². The average Bonchev–Trinajstić information content (AvgIpc) is 2.93. The van der Waals surface area contributed by atoms with Gasteiger partial charge in [-0.1, -0.05) is 0 Å². The summed E-state index contributed by atoms with van der Waals surface area (Å²) in [7, 11) is 0. The van der Waals surface area contributed by atoms with Gasteiger partial charge in [-0.15, -0.1) is 0 Å². The second-order valence-corrected chi connectivity index (χ2v) is 12.2. The van der Waals surface area contributed by atoms with Gasteiger partial charge in [0.2, 0.25) is 5.95 Å². The molecule has 0 fully saturated rings. The van der Waals surface area contributed by atoms with Crippen molar-refractivity contribution >= 4 is 46.6 Å². The first-order chi connectivity index (χ1) is 21.5. The Morgan fingerprint density at radius 1 is 0.957 bits per heavy atom. The quantitative estimate of drug-likeness (QED) is 0.224. The number of nitrogens with two attached hydrogens (primary N) is 1. The van der Waals surface area contributed by atoms with E-state index in [1.807, 2.05) is 0 Å². The van der Waals surface area contributed by atoms with E-state index in [4.69, 9.17) is 15.2 Å². The molecule has 2 atom stereocenters. The van der Waals surface area contributed by atoms with Gasteiger partial charge in [-0.05, 0) is 65.8 Å². The van der Waals surface area contributed by atoms with Gasteiger partial charge in [-0.25, -0.2) is 23.9 Å². The number of nitrogen functional groups attached to an aromatic ring is 1. The lowest BCUT2D eigenvalue weighted by molar-refractivity contribution is -0.170. The zero-order valence-electron chi connectivity index (χ0n) is 26.2. The van der Waals surface area contributed by atoms with E-state index in [0.717, 1.165) is 30.5 Å². The summed E-state index contributed by atoms with van der Waals surface area (Å²) in [5.74, 6) is -5.83. The van der Waals surface area contributed by atoms with E-state index in [2.05, 4.69) is 25.3 Å². The molecule has 2 amide bonds. The molecule has 0 saturated carbocycles. The molecule has 0 aliphatic heterocycles. The third-order valence-electron chi connectivity index (χ3n) is 5.84. The van der Waals surface area contributed by atoms with Crippen LogP contribution in [0, 0.1) is 0 Å². The molecular formula is C29H33F4N7O7. The minimum Gasteiger partial charge on any atom is -0.458 e. The number of aromatic nitrogens is 4. The highest BCUT2D eigenvalue weighted by Gasteiger charge is 2.43. The van der Waals surface area contributed by atoms with Gasteiger partial charge in [0.1, 0.15) is 17.2 Å². The number of H-pyrrole nitrogens is 1. The second-order valence-electron chi connectivity index (χ2n) is 12.2. The zero-order chi connectivity index (χ0) is 35.5. The molecule has 18 heteroatoms. The van der Waals surface area contributed by atoms with Crippen LogP contribution < -0.4 is 21.5 Å². The zero-order valence-corrected chi connectivity index (χ0v) is 26.2. The lowest BCUT2D eigenvalue weighted by atomic mass is 10.1. The summed E-state index contributed by atoms with van der Waals surface area (Å²) in [6, 6.07) is 2.48. The number of rotatable bonds is 9. The number of amides is 2. The number of hydrogen-bond donors (Lipinski definition) is 3. The monoisotopic (exact) mass is 667 g/mol. The first-order valence-electron chi connectivity index (χ1n) is 13.9. The molecule has 0 bridgehead atoms. The van der Waals surface area contributed by atoms with E-state index in [1.165, 1.54) is 41.5 Å². The molecule has 0 unspecified atom stereocenters. The number of carbonyl (C=O) groups is 4. The van der Waals surface area contributed by atoms with Crippen LogP contribution in [0.15, 0.2) is 35.3 Å². The Morgan fingerprint density at radius 2 is 1.53 bits per heavy atom. The van der Waals surface area contributed by atoms with Crippen LogP contribution in [-0.2, 0) is 30.4 Å². The molecule has 0 aliphatic rings. The van der Waals surface area contributed by atoms with E-state index in [0.29, 0.717) is 4.90 Å². The number of esters is 2. The van der Waals surface area contributed by atoms with Crippen molar-refractivity contribution in [2.45, 2.75) is 84.1 Å². The number of aromatic amines is 1. The maximum Gasteiger partial charge on any atom is 0.471 e. The van der Waals surface area contributed by atoms with Crippen molar-refractivity contribution in [1.29, 1.82) is 0 Å². The molecule has 1 aromatic carbocycles. The smallest absolute Gasteiger partial charge is 0.458 e. The van der Waals surface area contributed by atoms with Crippen molar-refractivity contribution in [2.75, 3.05) is 10.6 Å². The Morgan fingerprint density at radius 3 is 2.09 bits per heavy atom. The summed E-state index contributed by atoms with van der Waals surface area (Å²) in [6.07, 6.45) is -7.47. The van der Waals surface area contributed by atoms with E-state index >= 15 is 0 Å². The topological polar surface area (TPSA) is 200 Å². The number of hydrogen-bond acceptors (Lipinski definition) is 11. The highest BCUT2D eigenvalue weighted by atomic mass is 19.4. The standard InChI is InChI=1S/C29H33F4N7O7/c1-27(2,3)46-23(43)17(30)11-18(24(44)47-28(4,5)6)37-21(41)14-7-9-16(10-8-14)40(25(45)29(31,32)33)13-15-12-35-20-19(36-15)22(42)39-26(34)38-20/h7-10,12,17-18H,11,13H2,1-6H3,(H,37,41)(H3,34,35,38,39,42)/t17-,18-/m0/s1. The van der Waals surface area contributed by atoms with Crippen LogP contribution in [0.1, 0.15) is 64.0 Å². The molecule has 0 radical (unpaired) electrons. The van der Waals surface area contributed by atoms with Crippen molar-refractivity contribution in [1.82, 2.24) is 25.3 Å². The predicted octanol–water partition coefficient (Wildman–Crippen LogP) is 2.90. The lowest BCUT2D eigenvalue weighted by Crippen LogP contribution is -2.46. The summed E-state index contributed by atoms with van der Waals surface area (Å²) < 4.78 is 65.8.